The van der Waals surface area contributed by atoms with Crippen LogP contribution in [0.25, 0.3) is 0 Å². The van der Waals surface area contributed by atoms with E-state index in [1.165, 1.54) is 30.5 Å². The number of nitrogens with zero attached hydrogens (tertiary/aromatic N) is 1. The number of fused-ring (bicyclic) bond motifs is 1. The SMILES string of the molecule is COc1ccc2c(c1)[C@]13CCN(C)[C@H](C2)[C@@H]1CC(C)(C)OC3. The van der Waals surface area contributed by atoms with Gasteiger partial charge in [-0.1, -0.05) is 6.07 Å². The van der Waals surface area contributed by atoms with E-state index in [1.807, 2.05) is 0 Å². The summed E-state index contributed by atoms with van der Waals surface area (Å²) in [5.74, 6) is 1.67. The lowest BCUT2D eigenvalue weighted by atomic mass is 9.54. The standard InChI is InChI=1S/C19H27NO2/c1-18(2)11-16-17-9-13-5-6-14(21-4)10-15(13)19(16,12-22-18)7-8-20(17)3/h5-6,10,16-17H,7-9,11-12H2,1-4H3/t16-,17+,19+/m0/s1. The van der Waals surface area contributed by atoms with E-state index in [0.717, 1.165) is 18.8 Å². The molecule has 0 N–H and O–H groups in total. The number of ether oxygens (including phenoxy) is 2. The average Bonchev–Trinajstić information content (AvgIpc) is 2.50. The third kappa shape index (κ3) is 1.95. The summed E-state index contributed by atoms with van der Waals surface area (Å²) in [6.45, 7) is 6.52. The van der Waals surface area contributed by atoms with Crippen LogP contribution in [0.2, 0.25) is 0 Å². The Bertz CT molecular complexity index is 597. The largest absolute Gasteiger partial charge is 0.497 e. The Balaban J connectivity index is 1.86. The number of hydrogen-bond donors (Lipinski definition) is 0. The van der Waals surface area contributed by atoms with Crippen molar-refractivity contribution >= 4 is 0 Å². The first-order chi connectivity index (χ1) is 10.5. The fourth-order valence-electron chi connectivity index (χ4n) is 5.09. The van der Waals surface area contributed by atoms with E-state index in [4.69, 9.17) is 9.47 Å². The summed E-state index contributed by atoms with van der Waals surface area (Å²) in [7, 11) is 4.06. The van der Waals surface area contributed by atoms with Gasteiger partial charge < -0.3 is 14.4 Å². The lowest BCUT2D eigenvalue weighted by Crippen LogP contribution is -2.64. The van der Waals surface area contributed by atoms with E-state index in [9.17, 15) is 0 Å². The van der Waals surface area contributed by atoms with E-state index < -0.39 is 0 Å². The molecule has 3 heteroatoms. The van der Waals surface area contributed by atoms with E-state index in [1.54, 1.807) is 7.11 Å². The van der Waals surface area contributed by atoms with Gasteiger partial charge in [0.1, 0.15) is 5.75 Å². The van der Waals surface area contributed by atoms with Crippen molar-refractivity contribution in [2.24, 2.45) is 5.92 Å². The Hall–Kier alpha value is -1.06. The summed E-state index contributed by atoms with van der Waals surface area (Å²) < 4.78 is 11.8. The van der Waals surface area contributed by atoms with Crippen LogP contribution in [0.5, 0.6) is 5.75 Å². The molecule has 3 atom stereocenters. The van der Waals surface area contributed by atoms with Crippen LogP contribution < -0.4 is 4.74 Å². The first kappa shape index (κ1) is 14.5. The van der Waals surface area contributed by atoms with Crippen molar-refractivity contribution < 1.29 is 9.47 Å². The molecule has 0 aromatic heterocycles. The van der Waals surface area contributed by atoms with Crippen molar-refractivity contribution in [2.75, 3.05) is 27.3 Å². The van der Waals surface area contributed by atoms with Crippen molar-refractivity contribution in [3.63, 3.8) is 0 Å². The summed E-state index contributed by atoms with van der Waals surface area (Å²) in [4.78, 5) is 2.58. The van der Waals surface area contributed by atoms with Gasteiger partial charge in [-0.3, -0.25) is 0 Å². The molecular formula is C19H27NO2. The molecule has 2 fully saturated rings. The van der Waals surface area contributed by atoms with Gasteiger partial charge in [0, 0.05) is 11.5 Å². The van der Waals surface area contributed by atoms with Crippen molar-refractivity contribution in [3.05, 3.63) is 29.3 Å². The molecule has 120 valence electrons. The molecule has 0 radical (unpaired) electrons. The highest BCUT2D eigenvalue weighted by Gasteiger charge is 2.56. The highest BCUT2D eigenvalue weighted by molar-refractivity contribution is 5.46. The number of piperidine rings is 1. The molecule has 2 heterocycles. The molecule has 3 aliphatic rings. The Morgan fingerprint density at radius 1 is 1.32 bits per heavy atom. The first-order valence-electron chi connectivity index (χ1n) is 8.47. The molecule has 2 saturated heterocycles. The monoisotopic (exact) mass is 301 g/mol. The lowest BCUT2D eigenvalue weighted by Gasteiger charge is -2.60. The van der Waals surface area contributed by atoms with Crippen LogP contribution in [0.3, 0.4) is 0 Å². The van der Waals surface area contributed by atoms with Crippen LogP contribution in [0.4, 0.5) is 0 Å². The van der Waals surface area contributed by atoms with Crippen LogP contribution in [0.1, 0.15) is 37.8 Å². The van der Waals surface area contributed by atoms with Gasteiger partial charge in [0.25, 0.3) is 0 Å². The zero-order chi connectivity index (χ0) is 15.5. The molecular weight excluding hydrogens is 274 g/mol. The topological polar surface area (TPSA) is 21.7 Å². The number of likely N-dealkylation sites (tertiary alicyclic amines) is 1. The lowest BCUT2D eigenvalue weighted by molar-refractivity contribution is -0.153. The van der Waals surface area contributed by atoms with Gasteiger partial charge in [-0.25, -0.2) is 0 Å². The average molecular weight is 301 g/mol. The molecule has 0 unspecified atom stereocenters. The maximum atomic E-state index is 6.32. The zero-order valence-electron chi connectivity index (χ0n) is 14.2. The summed E-state index contributed by atoms with van der Waals surface area (Å²) >= 11 is 0. The smallest absolute Gasteiger partial charge is 0.119 e. The summed E-state index contributed by atoms with van der Waals surface area (Å²) in [5.41, 5.74) is 3.18. The molecule has 2 bridgehead atoms. The maximum absolute atomic E-state index is 6.32. The quantitative estimate of drug-likeness (QED) is 0.796. The Kier molecular flexibility index (Phi) is 3.11. The molecule has 0 amide bonds. The first-order valence-corrected chi connectivity index (χ1v) is 8.47. The van der Waals surface area contributed by atoms with E-state index >= 15 is 0 Å². The van der Waals surface area contributed by atoms with Crippen molar-refractivity contribution in [1.82, 2.24) is 4.90 Å². The van der Waals surface area contributed by atoms with Gasteiger partial charge in [0.05, 0.1) is 19.3 Å². The second kappa shape index (κ2) is 4.72. The maximum Gasteiger partial charge on any atom is 0.119 e. The van der Waals surface area contributed by atoms with Crippen molar-refractivity contribution in [1.29, 1.82) is 0 Å². The van der Waals surface area contributed by atoms with Crippen molar-refractivity contribution in [3.8, 4) is 5.75 Å². The van der Waals surface area contributed by atoms with Crippen LogP contribution in [0, 0.1) is 5.92 Å². The predicted molar refractivity (Wildman–Crippen MR) is 87.5 cm³/mol. The van der Waals surface area contributed by atoms with Gasteiger partial charge in [-0.05, 0) is 75.9 Å². The fourth-order valence-corrected chi connectivity index (χ4v) is 5.09. The van der Waals surface area contributed by atoms with Crippen LogP contribution in [0.15, 0.2) is 18.2 Å². The second-order valence-electron chi connectivity index (χ2n) is 8.04. The van der Waals surface area contributed by atoms with Crippen LogP contribution in [-0.4, -0.2) is 43.9 Å². The molecule has 0 spiro atoms. The number of likely N-dealkylation sites (N-methyl/N-ethyl adjacent to an activating group) is 1. The van der Waals surface area contributed by atoms with Crippen LogP contribution in [-0.2, 0) is 16.6 Å². The molecule has 4 rings (SSSR count). The Morgan fingerprint density at radius 2 is 2.14 bits per heavy atom. The summed E-state index contributed by atoms with van der Waals surface area (Å²) in [6.07, 6.45) is 3.51. The number of rotatable bonds is 1. The Morgan fingerprint density at radius 3 is 2.91 bits per heavy atom. The third-order valence-corrected chi connectivity index (χ3v) is 6.37. The van der Waals surface area contributed by atoms with Crippen molar-refractivity contribution in [2.45, 2.75) is 50.2 Å². The van der Waals surface area contributed by atoms with E-state index in [-0.39, 0.29) is 11.0 Å². The minimum Gasteiger partial charge on any atom is -0.497 e. The second-order valence-corrected chi connectivity index (χ2v) is 8.04. The van der Waals surface area contributed by atoms with Gasteiger partial charge in [-0.15, -0.1) is 0 Å². The van der Waals surface area contributed by atoms with Gasteiger partial charge in [-0.2, -0.15) is 0 Å². The normalized spacial score (nSPS) is 36.4. The third-order valence-electron chi connectivity index (χ3n) is 6.37. The molecule has 1 aromatic carbocycles. The minimum atomic E-state index is 0.000959. The predicted octanol–water partition coefficient (Wildman–Crippen LogP) is 3.01. The zero-order valence-corrected chi connectivity index (χ0v) is 14.2. The number of hydrogen-bond acceptors (Lipinski definition) is 3. The minimum absolute atomic E-state index is 0.000959. The Labute approximate surface area is 133 Å². The molecule has 0 saturated carbocycles. The van der Waals surface area contributed by atoms with Gasteiger partial charge >= 0.3 is 0 Å². The molecule has 2 aliphatic heterocycles. The highest BCUT2D eigenvalue weighted by atomic mass is 16.5. The van der Waals surface area contributed by atoms with E-state index in [2.05, 4.69) is 44.0 Å². The highest BCUT2D eigenvalue weighted by Crippen LogP contribution is 2.55. The number of methoxy groups -OCH3 is 1. The summed E-state index contributed by atoms with van der Waals surface area (Å²) in [5, 5.41) is 0. The number of benzene rings is 1. The summed E-state index contributed by atoms with van der Waals surface area (Å²) in [6, 6.07) is 7.32. The fraction of sp³-hybridized carbons (Fsp3) is 0.684. The van der Waals surface area contributed by atoms with Gasteiger partial charge in [0.2, 0.25) is 0 Å². The van der Waals surface area contributed by atoms with E-state index in [0.29, 0.717) is 12.0 Å². The molecule has 22 heavy (non-hydrogen) atoms. The van der Waals surface area contributed by atoms with Crippen LogP contribution >= 0.6 is 0 Å². The molecule has 1 aromatic rings. The molecule has 3 nitrogen and oxygen atoms in total. The van der Waals surface area contributed by atoms with Gasteiger partial charge in [0.15, 0.2) is 0 Å². The molecule has 1 aliphatic carbocycles.